The first-order valence-electron chi connectivity index (χ1n) is 10.0. The molecule has 0 heterocycles. The Kier molecular flexibility index (Phi) is 8.59. The molecule has 0 aliphatic heterocycles. The van der Waals surface area contributed by atoms with E-state index in [0.717, 1.165) is 10.6 Å². The maximum absolute atomic E-state index is 13.3. The summed E-state index contributed by atoms with van der Waals surface area (Å²) in [7, 11) is -2.46. The Labute approximate surface area is 188 Å². The number of benzene rings is 2. The Morgan fingerprint density at radius 1 is 1.12 bits per heavy atom. The molecule has 0 aliphatic carbocycles. The number of amides is 2. The molecule has 2 rings (SSSR count). The summed E-state index contributed by atoms with van der Waals surface area (Å²) >= 11 is 0. The van der Waals surface area contributed by atoms with Crippen LogP contribution < -0.4 is 14.4 Å². The molecule has 0 aliphatic rings. The van der Waals surface area contributed by atoms with Gasteiger partial charge in [-0.25, -0.2) is 12.8 Å². The maximum atomic E-state index is 13.3. The summed E-state index contributed by atoms with van der Waals surface area (Å²) in [5.74, 6) is -1.12. The van der Waals surface area contributed by atoms with E-state index in [0.29, 0.717) is 12.1 Å². The Morgan fingerprint density at radius 2 is 1.75 bits per heavy atom. The summed E-state index contributed by atoms with van der Waals surface area (Å²) in [5, 5.41) is 2.66. The van der Waals surface area contributed by atoms with Crippen molar-refractivity contribution in [2.24, 2.45) is 0 Å². The van der Waals surface area contributed by atoms with E-state index < -0.39 is 34.3 Å². The van der Waals surface area contributed by atoms with Gasteiger partial charge in [0.15, 0.2) is 0 Å². The fraction of sp³-hybridized carbons (Fsp3) is 0.364. The van der Waals surface area contributed by atoms with Crippen molar-refractivity contribution in [1.29, 1.82) is 0 Å². The number of nitrogens with zero attached hydrogens (tertiary/aromatic N) is 2. The third-order valence-corrected chi connectivity index (χ3v) is 5.94. The van der Waals surface area contributed by atoms with E-state index in [-0.39, 0.29) is 23.9 Å². The van der Waals surface area contributed by atoms with Crippen molar-refractivity contribution in [3.8, 4) is 5.75 Å². The minimum Gasteiger partial charge on any atom is -0.495 e. The fourth-order valence-corrected chi connectivity index (χ4v) is 3.97. The number of para-hydroxylation sites is 2. The van der Waals surface area contributed by atoms with E-state index in [1.54, 1.807) is 32.0 Å². The normalized spacial score (nSPS) is 12.0. The number of hydrogen-bond donors (Lipinski definition) is 1. The van der Waals surface area contributed by atoms with Gasteiger partial charge in [-0.1, -0.05) is 24.3 Å². The largest absolute Gasteiger partial charge is 0.495 e. The monoisotopic (exact) mass is 465 g/mol. The van der Waals surface area contributed by atoms with Gasteiger partial charge in [0.25, 0.3) is 0 Å². The number of nitrogens with one attached hydrogen (secondary N) is 1. The minimum absolute atomic E-state index is 0.000933. The van der Waals surface area contributed by atoms with E-state index in [4.69, 9.17) is 4.74 Å². The Balaban J connectivity index is 2.41. The second-order valence-corrected chi connectivity index (χ2v) is 9.07. The number of likely N-dealkylation sites (N-methyl/N-ethyl adjacent to an activating group) is 1. The predicted molar refractivity (Wildman–Crippen MR) is 120 cm³/mol. The minimum atomic E-state index is -3.86. The number of carbonyl (C=O) groups excluding carboxylic acids is 2. The Hall–Kier alpha value is -3.14. The number of methoxy groups -OCH3 is 1. The smallest absolute Gasteiger partial charge is 0.244 e. The van der Waals surface area contributed by atoms with E-state index in [2.05, 4.69) is 5.32 Å². The molecule has 0 spiro atoms. The van der Waals surface area contributed by atoms with Crippen LogP contribution in [0.15, 0.2) is 48.5 Å². The van der Waals surface area contributed by atoms with E-state index in [1.165, 1.54) is 42.3 Å². The molecule has 0 saturated heterocycles. The van der Waals surface area contributed by atoms with Gasteiger partial charge < -0.3 is 15.0 Å². The van der Waals surface area contributed by atoms with Crippen LogP contribution in [0.2, 0.25) is 0 Å². The van der Waals surface area contributed by atoms with Crippen LogP contribution in [0.4, 0.5) is 10.1 Å². The first-order valence-corrected chi connectivity index (χ1v) is 11.9. The summed E-state index contributed by atoms with van der Waals surface area (Å²) in [4.78, 5) is 27.1. The standard InChI is InChI=1S/C22H28FN3O5S/c1-5-24-22(28)16(2)25(14-17-10-12-18(23)13-11-17)21(27)15-26(32(4,29)30)19-8-6-7-9-20(19)31-3/h6-13,16H,5,14-15H2,1-4H3,(H,24,28)/t16-/m1/s1. The summed E-state index contributed by atoms with van der Waals surface area (Å²) in [6.45, 7) is 3.15. The number of carbonyl (C=O) groups is 2. The average Bonchev–Trinajstić information content (AvgIpc) is 2.75. The highest BCUT2D eigenvalue weighted by Crippen LogP contribution is 2.29. The quantitative estimate of drug-likeness (QED) is 0.580. The van der Waals surface area contributed by atoms with Crippen molar-refractivity contribution in [2.75, 3.05) is 30.8 Å². The van der Waals surface area contributed by atoms with Gasteiger partial charge in [-0.15, -0.1) is 0 Å². The summed E-state index contributed by atoms with van der Waals surface area (Å²) in [6, 6.07) is 11.1. The second kappa shape index (κ2) is 10.9. The lowest BCUT2D eigenvalue weighted by Crippen LogP contribution is -2.51. The van der Waals surface area contributed by atoms with E-state index in [1.807, 2.05) is 0 Å². The second-order valence-electron chi connectivity index (χ2n) is 7.16. The van der Waals surface area contributed by atoms with Crippen molar-refractivity contribution < 1.29 is 27.1 Å². The lowest BCUT2D eigenvalue weighted by molar-refractivity contribution is -0.139. The van der Waals surface area contributed by atoms with Crippen LogP contribution in [0, 0.1) is 5.82 Å². The van der Waals surface area contributed by atoms with Gasteiger partial charge in [-0.2, -0.15) is 0 Å². The molecule has 1 atom stereocenters. The third kappa shape index (κ3) is 6.43. The molecule has 10 heteroatoms. The van der Waals surface area contributed by atoms with Gasteiger partial charge in [-0.3, -0.25) is 13.9 Å². The molecule has 0 unspecified atom stereocenters. The number of rotatable bonds is 10. The molecule has 2 aromatic rings. The van der Waals surface area contributed by atoms with E-state index >= 15 is 0 Å². The molecule has 0 radical (unpaired) electrons. The van der Waals surface area contributed by atoms with Crippen LogP contribution in [0.1, 0.15) is 19.4 Å². The van der Waals surface area contributed by atoms with Crippen LogP contribution >= 0.6 is 0 Å². The van der Waals surface area contributed by atoms with Gasteiger partial charge >= 0.3 is 0 Å². The first-order chi connectivity index (χ1) is 15.1. The summed E-state index contributed by atoms with van der Waals surface area (Å²) in [6.07, 6.45) is 0.990. The molecule has 2 aromatic carbocycles. The van der Waals surface area contributed by atoms with Crippen molar-refractivity contribution in [3.05, 3.63) is 59.9 Å². The Bertz CT molecular complexity index is 1040. The zero-order valence-corrected chi connectivity index (χ0v) is 19.4. The van der Waals surface area contributed by atoms with Crippen LogP contribution in [0.5, 0.6) is 5.75 Å². The Morgan fingerprint density at radius 3 is 2.31 bits per heavy atom. The topological polar surface area (TPSA) is 96.0 Å². The maximum Gasteiger partial charge on any atom is 0.244 e. The van der Waals surface area contributed by atoms with Gasteiger partial charge in [0.1, 0.15) is 24.2 Å². The highest BCUT2D eigenvalue weighted by Gasteiger charge is 2.30. The van der Waals surface area contributed by atoms with Crippen molar-refractivity contribution in [2.45, 2.75) is 26.4 Å². The SMILES string of the molecule is CCNC(=O)[C@@H](C)N(Cc1ccc(F)cc1)C(=O)CN(c1ccccc1OC)S(C)(=O)=O. The molecule has 0 saturated carbocycles. The molecular weight excluding hydrogens is 437 g/mol. The van der Waals surface area contributed by atoms with Crippen LogP contribution in [-0.2, 0) is 26.2 Å². The lowest BCUT2D eigenvalue weighted by Gasteiger charge is -2.31. The molecule has 32 heavy (non-hydrogen) atoms. The first kappa shape index (κ1) is 25.1. The molecule has 8 nitrogen and oxygen atoms in total. The average molecular weight is 466 g/mol. The van der Waals surface area contributed by atoms with Gasteiger partial charge in [0.2, 0.25) is 21.8 Å². The van der Waals surface area contributed by atoms with Crippen molar-refractivity contribution in [1.82, 2.24) is 10.2 Å². The number of hydrogen-bond acceptors (Lipinski definition) is 5. The van der Waals surface area contributed by atoms with Gasteiger partial charge in [0.05, 0.1) is 19.1 Å². The van der Waals surface area contributed by atoms with Crippen molar-refractivity contribution >= 4 is 27.5 Å². The van der Waals surface area contributed by atoms with Crippen molar-refractivity contribution in [3.63, 3.8) is 0 Å². The van der Waals surface area contributed by atoms with Crippen LogP contribution in [0.25, 0.3) is 0 Å². The molecule has 2 amide bonds. The zero-order chi connectivity index (χ0) is 23.9. The predicted octanol–water partition coefficient (Wildman–Crippen LogP) is 2.15. The van der Waals surface area contributed by atoms with Crippen LogP contribution in [0.3, 0.4) is 0 Å². The molecule has 1 N–H and O–H groups in total. The van der Waals surface area contributed by atoms with E-state index in [9.17, 15) is 22.4 Å². The van der Waals surface area contributed by atoms with Crippen LogP contribution in [-0.4, -0.2) is 57.6 Å². The highest BCUT2D eigenvalue weighted by molar-refractivity contribution is 7.92. The number of ether oxygens (including phenoxy) is 1. The molecule has 174 valence electrons. The fourth-order valence-electron chi connectivity index (χ4n) is 3.12. The van der Waals surface area contributed by atoms with Gasteiger partial charge in [-0.05, 0) is 43.7 Å². The highest BCUT2D eigenvalue weighted by atomic mass is 32.2. The lowest BCUT2D eigenvalue weighted by atomic mass is 10.1. The molecule has 0 aromatic heterocycles. The van der Waals surface area contributed by atoms with Gasteiger partial charge in [0, 0.05) is 13.1 Å². The zero-order valence-electron chi connectivity index (χ0n) is 18.5. The molecule has 0 fully saturated rings. The molecular formula is C22H28FN3O5S. The third-order valence-electron chi connectivity index (χ3n) is 4.82. The summed E-state index contributed by atoms with van der Waals surface area (Å²) < 4.78 is 44.6. The number of anilines is 1. The summed E-state index contributed by atoms with van der Waals surface area (Å²) in [5.41, 5.74) is 0.803. The number of sulfonamides is 1. The molecule has 0 bridgehead atoms. The number of halogens is 1.